The zero-order valence-electron chi connectivity index (χ0n) is 14.2. The Morgan fingerprint density at radius 3 is 2.83 bits per heavy atom. The van der Waals surface area contributed by atoms with Crippen molar-refractivity contribution in [1.82, 2.24) is 9.88 Å². The van der Waals surface area contributed by atoms with Crippen LogP contribution in [0, 0.1) is 12.3 Å². The highest BCUT2D eigenvalue weighted by Crippen LogP contribution is 2.40. The molecule has 1 spiro atoms. The molecule has 124 valence electrons. The highest BCUT2D eigenvalue weighted by molar-refractivity contribution is 5.88. The van der Waals surface area contributed by atoms with Crippen LogP contribution in [-0.2, 0) is 11.3 Å². The van der Waals surface area contributed by atoms with Gasteiger partial charge in [-0.25, -0.2) is 0 Å². The van der Waals surface area contributed by atoms with E-state index in [-0.39, 0.29) is 0 Å². The third kappa shape index (κ3) is 2.64. The van der Waals surface area contributed by atoms with E-state index in [1.54, 1.807) is 7.11 Å². The summed E-state index contributed by atoms with van der Waals surface area (Å²) in [4.78, 5) is 5.94. The Balaban J connectivity index is 1.56. The van der Waals surface area contributed by atoms with Gasteiger partial charge in [-0.3, -0.25) is 4.90 Å². The molecule has 0 aliphatic carbocycles. The van der Waals surface area contributed by atoms with Crippen LogP contribution < -0.4 is 4.74 Å². The summed E-state index contributed by atoms with van der Waals surface area (Å²) in [5, 5.41) is 1.30. The summed E-state index contributed by atoms with van der Waals surface area (Å²) in [5.41, 5.74) is 4.26. The van der Waals surface area contributed by atoms with Crippen molar-refractivity contribution in [2.45, 2.75) is 32.7 Å². The molecule has 0 unspecified atom stereocenters. The number of nitrogens with zero attached hydrogens (tertiary/aromatic N) is 1. The number of likely N-dealkylation sites (tertiary alicyclic amines) is 1. The van der Waals surface area contributed by atoms with Gasteiger partial charge in [-0.2, -0.15) is 0 Å². The van der Waals surface area contributed by atoms with Gasteiger partial charge in [0.25, 0.3) is 0 Å². The highest BCUT2D eigenvalue weighted by atomic mass is 16.5. The fourth-order valence-electron chi connectivity index (χ4n) is 4.23. The molecule has 1 aromatic heterocycles. The van der Waals surface area contributed by atoms with Crippen molar-refractivity contribution in [3.8, 4) is 5.75 Å². The molecule has 4 heteroatoms. The summed E-state index contributed by atoms with van der Waals surface area (Å²) in [6.07, 6.45) is 5.80. The molecule has 2 aromatic rings. The maximum atomic E-state index is 5.68. The Kier molecular flexibility index (Phi) is 3.82. The van der Waals surface area contributed by atoms with Crippen molar-refractivity contribution in [3.63, 3.8) is 0 Å². The second-order valence-electron chi connectivity index (χ2n) is 7.22. The number of methoxy groups -OCH3 is 1. The average Bonchev–Trinajstić information content (AvgIpc) is 3.22. The Morgan fingerprint density at radius 2 is 2.13 bits per heavy atom. The zero-order chi connectivity index (χ0) is 15.9. The number of rotatable bonds is 3. The SMILES string of the molecule is COc1cc(C)c2[nH]ccc2c1CN1CCC2(CCOC2)CC1. The number of nitrogens with one attached hydrogen (secondary N) is 1. The molecule has 3 heterocycles. The third-order valence-corrected chi connectivity index (χ3v) is 5.81. The Hall–Kier alpha value is -1.52. The first-order chi connectivity index (χ1) is 11.2. The van der Waals surface area contributed by atoms with E-state index in [0.29, 0.717) is 5.41 Å². The summed E-state index contributed by atoms with van der Waals surface area (Å²) in [6, 6.07) is 4.33. The summed E-state index contributed by atoms with van der Waals surface area (Å²) < 4.78 is 11.3. The van der Waals surface area contributed by atoms with E-state index in [0.717, 1.165) is 38.6 Å². The predicted molar refractivity (Wildman–Crippen MR) is 92.0 cm³/mol. The van der Waals surface area contributed by atoms with E-state index in [2.05, 4.69) is 28.9 Å². The van der Waals surface area contributed by atoms with Crippen LogP contribution in [0.15, 0.2) is 18.3 Å². The average molecular weight is 314 g/mol. The van der Waals surface area contributed by atoms with Crippen LogP contribution in [0.2, 0.25) is 0 Å². The van der Waals surface area contributed by atoms with E-state index in [1.807, 2.05) is 6.20 Å². The van der Waals surface area contributed by atoms with Gasteiger partial charge in [-0.15, -0.1) is 0 Å². The van der Waals surface area contributed by atoms with Gasteiger partial charge >= 0.3 is 0 Å². The number of benzene rings is 1. The minimum atomic E-state index is 0.470. The molecule has 2 aliphatic rings. The van der Waals surface area contributed by atoms with Crippen LogP contribution in [0.1, 0.15) is 30.4 Å². The van der Waals surface area contributed by atoms with Crippen LogP contribution in [0.4, 0.5) is 0 Å². The van der Waals surface area contributed by atoms with Crippen LogP contribution in [0.25, 0.3) is 10.9 Å². The number of H-pyrrole nitrogens is 1. The fourth-order valence-corrected chi connectivity index (χ4v) is 4.23. The quantitative estimate of drug-likeness (QED) is 0.942. The number of aromatic amines is 1. The van der Waals surface area contributed by atoms with Gasteiger partial charge in [0.1, 0.15) is 5.75 Å². The van der Waals surface area contributed by atoms with Crippen LogP contribution in [0.5, 0.6) is 5.75 Å². The number of hydrogen-bond donors (Lipinski definition) is 1. The van der Waals surface area contributed by atoms with Gasteiger partial charge in [0.05, 0.1) is 13.7 Å². The number of aromatic nitrogens is 1. The second kappa shape index (κ2) is 5.84. The molecular weight excluding hydrogens is 288 g/mol. The molecule has 0 radical (unpaired) electrons. The normalized spacial score (nSPS) is 21.3. The first-order valence-electron chi connectivity index (χ1n) is 8.64. The Labute approximate surface area is 137 Å². The van der Waals surface area contributed by atoms with Gasteiger partial charge in [0.2, 0.25) is 0 Å². The van der Waals surface area contributed by atoms with E-state index in [4.69, 9.17) is 9.47 Å². The van der Waals surface area contributed by atoms with Crippen LogP contribution in [0.3, 0.4) is 0 Å². The maximum Gasteiger partial charge on any atom is 0.124 e. The fraction of sp³-hybridized carbons (Fsp3) is 0.579. The number of hydrogen-bond acceptors (Lipinski definition) is 3. The number of fused-ring (bicyclic) bond motifs is 1. The van der Waals surface area contributed by atoms with Crippen molar-refractivity contribution in [2.75, 3.05) is 33.4 Å². The second-order valence-corrected chi connectivity index (χ2v) is 7.22. The molecular formula is C19H26N2O2. The van der Waals surface area contributed by atoms with Gasteiger partial charge < -0.3 is 14.5 Å². The Morgan fingerprint density at radius 1 is 1.30 bits per heavy atom. The van der Waals surface area contributed by atoms with Crippen LogP contribution in [-0.4, -0.2) is 43.3 Å². The topological polar surface area (TPSA) is 37.5 Å². The lowest BCUT2D eigenvalue weighted by Crippen LogP contribution is -2.40. The summed E-state index contributed by atoms with van der Waals surface area (Å²) in [7, 11) is 1.78. The molecule has 2 saturated heterocycles. The number of ether oxygens (including phenoxy) is 2. The highest BCUT2D eigenvalue weighted by Gasteiger charge is 2.38. The van der Waals surface area contributed by atoms with E-state index < -0.39 is 0 Å². The van der Waals surface area contributed by atoms with Gasteiger partial charge in [0, 0.05) is 35.8 Å². The standard InChI is InChI=1S/C19H26N2O2/c1-14-11-17(22-2)16(15-3-7-20-18(14)15)12-21-8-4-19(5-9-21)6-10-23-13-19/h3,7,11,20H,4-6,8-10,12-13H2,1-2H3. The predicted octanol–water partition coefficient (Wildman–Crippen LogP) is 3.49. The monoisotopic (exact) mass is 314 g/mol. The molecule has 4 nitrogen and oxygen atoms in total. The summed E-state index contributed by atoms with van der Waals surface area (Å²) >= 11 is 0. The molecule has 2 fully saturated rings. The van der Waals surface area contributed by atoms with Crippen molar-refractivity contribution < 1.29 is 9.47 Å². The number of piperidine rings is 1. The molecule has 2 aliphatic heterocycles. The van der Waals surface area contributed by atoms with Crippen molar-refractivity contribution >= 4 is 10.9 Å². The smallest absolute Gasteiger partial charge is 0.124 e. The first-order valence-corrected chi connectivity index (χ1v) is 8.64. The summed E-state index contributed by atoms with van der Waals surface area (Å²) in [6.45, 7) is 7.34. The van der Waals surface area contributed by atoms with Gasteiger partial charge in [-0.05, 0) is 62.4 Å². The van der Waals surface area contributed by atoms with Gasteiger partial charge in [0.15, 0.2) is 0 Å². The molecule has 0 saturated carbocycles. The van der Waals surface area contributed by atoms with Crippen LogP contribution >= 0.6 is 0 Å². The lowest BCUT2D eigenvalue weighted by molar-refractivity contribution is 0.0772. The minimum Gasteiger partial charge on any atom is -0.496 e. The van der Waals surface area contributed by atoms with Crippen molar-refractivity contribution in [1.29, 1.82) is 0 Å². The third-order valence-electron chi connectivity index (χ3n) is 5.81. The van der Waals surface area contributed by atoms with E-state index in [1.165, 1.54) is 41.3 Å². The molecule has 4 rings (SSSR count). The largest absolute Gasteiger partial charge is 0.496 e. The zero-order valence-corrected chi connectivity index (χ0v) is 14.2. The maximum absolute atomic E-state index is 5.68. The molecule has 0 atom stereocenters. The lowest BCUT2D eigenvalue weighted by atomic mass is 9.78. The van der Waals surface area contributed by atoms with Crippen molar-refractivity contribution in [2.24, 2.45) is 5.41 Å². The molecule has 0 amide bonds. The molecule has 1 aromatic carbocycles. The van der Waals surface area contributed by atoms with E-state index >= 15 is 0 Å². The van der Waals surface area contributed by atoms with Gasteiger partial charge in [-0.1, -0.05) is 0 Å². The number of aryl methyl sites for hydroxylation is 1. The minimum absolute atomic E-state index is 0.470. The first kappa shape index (κ1) is 15.0. The molecule has 0 bridgehead atoms. The van der Waals surface area contributed by atoms with Crippen molar-refractivity contribution in [3.05, 3.63) is 29.5 Å². The summed E-state index contributed by atoms with van der Waals surface area (Å²) in [5.74, 6) is 1.01. The lowest BCUT2D eigenvalue weighted by Gasteiger charge is -2.38. The van der Waals surface area contributed by atoms with E-state index in [9.17, 15) is 0 Å². The molecule has 1 N–H and O–H groups in total. The Bertz CT molecular complexity index is 691. The molecule has 23 heavy (non-hydrogen) atoms.